The van der Waals surface area contributed by atoms with E-state index in [0.717, 1.165) is 12.8 Å². The van der Waals surface area contributed by atoms with Gasteiger partial charge in [0.15, 0.2) is 6.29 Å². The molecule has 0 aliphatic carbocycles. The average molecular weight is 202 g/mol. The van der Waals surface area contributed by atoms with Crippen LogP contribution in [-0.2, 0) is 9.47 Å². The molecule has 1 fully saturated rings. The van der Waals surface area contributed by atoms with Gasteiger partial charge in [0.25, 0.3) is 0 Å². The first-order valence-corrected chi connectivity index (χ1v) is 5.74. The molecule has 0 radical (unpaired) electrons. The Bertz CT molecular complexity index is 132. The molecule has 0 aromatic carbocycles. The van der Waals surface area contributed by atoms with Crippen LogP contribution >= 0.6 is 0 Å². The Morgan fingerprint density at radius 1 is 1.21 bits per heavy atom. The maximum Gasteiger partial charge on any atom is 0.160 e. The van der Waals surface area contributed by atoms with Crippen molar-refractivity contribution in [2.24, 2.45) is 0 Å². The molecule has 84 valence electrons. The highest BCUT2D eigenvalue weighted by atomic mass is 16.7. The van der Waals surface area contributed by atoms with Crippen molar-refractivity contribution in [2.45, 2.75) is 57.8 Å². The highest BCUT2D eigenvalue weighted by Gasteiger charge is 2.19. The van der Waals surface area contributed by atoms with Gasteiger partial charge in [-0.05, 0) is 6.42 Å². The van der Waals surface area contributed by atoms with Gasteiger partial charge < -0.3 is 14.6 Å². The van der Waals surface area contributed by atoms with Crippen LogP contribution in [0.25, 0.3) is 0 Å². The normalized spacial score (nSPS) is 20.1. The smallest absolute Gasteiger partial charge is 0.160 e. The predicted molar refractivity (Wildman–Crippen MR) is 55.1 cm³/mol. The van der Waals surface area contributed by atoms with E-state index in [9.17, 15) is 5.11 Å². The third-order valence-electron chi connectivity index (χ3n) is 2.55. The molecule has 0 saturated carbocycles. The summed E-state index contributed by atoms with van der Waals surface area (Å²) in [5, 5.41) is 9.65. The highest BCUT2D eigenvalue weighted by molar-refractivity contribution is 4.61. The van der Waals surface area contributed by atoms with Crippen molar-refractivity contribution in [3.8, 4) is 0 Å². The van der Waals surface area contributed by atoms with E-state index in [4.69, 9.17) is 9.47 Å². The summed E-state index contributed by atoms with van der Waals surface area (Å²) < 4.78 is 10.5. The Morgan fingerprint density at radius 2 is 1.93 bits per heavy atom. The minimum Gasteiger partial charge on any atom is -0.393 e. The predicted octanol–water partition coefficient (Wildman–Crippen LogP) is 2.08. The van der Waals surface area contributed by atoms with Gasteiger partial charge in [-0.3, -0.25) is 0 Å². The third kappa shape index (κ3) is 4.94. The van der Waals surface area contributed by atoms with E-state index in [1.54, 1.807) is 0 Å². The molecule has 1 saturated heterocycles. The molecule has 0 amide bonds. The molecular formula is C11H22O3. The van der Waals surface area contributed by atoms with Crippen LogP contribution in [0.5, 0.6) is 0 Å². The van der Waals surface area contributed by atoms with Gasteiger partial charge in [0.1, 0.15) is 0 Å². The minimum absolute atomic E-state index is 0.156. The van der Waals surface area contributed by atoms with Crippen molar-refractivity contribution in [1.29, 1.82) is 0 Å². The fourth-order valence-corrected chi connectivity index (χ4v) is 1.69. The monoisotopic (exact) mass is 202 g/mol. The van der Waals surface area contributed by atoms with E-state index in [1.807, 2.05) is 0 Å². The number of hydrogen-bond donors (Lipinski definition) is 1. The van der Waals surface area contributed by atoms with Gasteiger partial charge in [-0.25, -0.2) is 0 Å². The van der Waals surface area contributed by atoms with Crippen LogP contribution in [0.4, 0.5) is 0 Å². The van der Waals surface area contributed by atoms with Crippen LogP contribution in [0.2, 0.25) is 0 Å². The van der Waals surface area contributed by atoms with E-state index in [0.29, 0.717) is 19.6 Å². The van der Waals surface area contributed by atoms with Crippen molar-refractivity contribution in [3.05, 3.63) is 0 Å². The summed E-state index contributed by atoms with van der Waals surface area (Å²) in [6.45, 7) is 3.54. The van der Waals surface area contributed by atoms with Crippen LogP contribution < -0.4 is 0 Å². The first-order chi connectivity index (χ1) is 6.83. The summed E-state index contributed by atoms with van der Waals surface area (Å²) in [4.78, 5) is 0. The van der Waals surface area contributed by atoms with Crippen molar-refractivity contribution in [3.63, 3.8) is 0 Å². The Labute approximate surface area is 86.4 Å². The summed E-state index contributed by atoms with van der Waals surface area (Å²) in [5.41, 5.74) is 0. The largest absolute Gasteiger partial charge is 0.393 e. The lowest BCUT2D eigenvalue weighted by Crippen LogP contribution is -2.18. The third-order valence-corrected chi connectivity index (χ3v) is 2.55. The SMILES string of the molecule is CCCCCC[C@@H](O)CC1OCCO1. The topological polar surface area (TPSA) is 38.7 Å². The molecule has 14 heavy (non-hydrogen) atoms. The van der Waals surface area contributed by atoms with E-state index in [-0.39, 0.29) is 12.4 Å². The Balaban J connectivity index is 1.95. The Hall–Kier alpha value is -0.120. The molecule has 1 rings (SSSR count). The van der Waals surface area contributed by atoms with Crippen LogP contribution in [0.15, 0.2) is 0 Å². The van der Waals surface area contributed by atoms with Gasteiger partial charge in [-0.2, -0.15) is 0 Å². The fraction of sp³-hybridized carbons (Fsp3) is 1.00. The summed E-state index contributed by atoms with van der Waals surface area (Å²) in [5.74, 6) is 0. The van der Waals surface area contributed by atoms with Crippen LogP contribution in [-0.4, -0.2) is 30.7 Å². The second kappa shape index (κ2) is 7.21. The fourth-order valence-electron chi connectivity index (χ4n) is 1.69. The molecule has 1 aliphatic heterocycles. The Morgan fingerprint density at radius 3 is 2.57 bits per heavy atom. The zero-order chi connectivity index (χ0) is 10.2. The minimum atomic E-state index is -0.255. The number of hydrogen-bond acceptors (Lipinski definition) is 3. The number of aliphatic hydroxyl groups is 1. The highest BCUT2D eigenvalue weighted by Crippen LogP contribution is 2.14. The standard InChI is InChI=1S/C11H22O3/c1-2-3-4-5-6-10(12)9-11-13-7-8-14-11/h10-12H,2-9H2,1H3/t10-/m1/s1. The molecular weight excluding hydrogens is 180 g/mol. The maximum atomic E-state index is 9.65. The molecule has 1 aliphatic rings. The van der Waals surface area contributed by atoms with Crippen molar-refractivity contribution >= 4 is 0 Å². The van der Waals surface area contributed by atoms with E-state index in [1.165, 1.54) is 19.3 Å². The van der Waals surface area contributed by atoms with E-state index in [2.05, 4.69) is 6.92 Å². The second-order valence-corrected chi connectivity index (χ2v) is 3.91. The van der Waals surface area contributed by atoms with Crippen molar-refractivity contribution in [2.75, 3.05) is 13.2 Å². The first kappa shape index (κ1) is 12.0. The molecule has 1 N–H and O–H groups in total. The summed E-state index contributed by atoms with van der Waals surface area (Å²) in [6, 6.07) is 0. The van der Waals surface area contributed by atoms with Gasteiger partial charge in [-0.15, -0.1) is 0 Å². The van der Waals surface area contributed by atoms with Crippen LogP contribution in [0, 0.1) is 0 Å². The van der Waals surface area contributed by atoms with Gasteiger partial charge >= 0.3 is 0 Å². The molecule has 1 heterocycles. The molecule has 0 bridgehead atoms. The lowest BCUT2D eigenvalue weighted by atomic mass is 10.1. The van der Waals surface area contributed by atoms with Crippen molar-refractivity contribution < 1.29 is 14.6 Å². The van der Waals surface area contributed by atoms with Crippen LogP contribution in [0.1, 0.15) is 45.4 Å². The molecule has 1 atom stereocenters. The average Bonchev–Trinajstić information content (AvgIpc) is 2.65. The van der Waals surface area contributed by atoms with E-state index >= 15 is 0 Å². The number of rotatable bonds is 7. The lowest BCUT2D eigenvalue weighted by Gasteiger charge is -2.14. The number of unbranched alkanes of at least 4 members (excludes halogenated alkanes) is 3. The maximum absolute atomic E-state index is 9.65. The molecule has 0 unspecified atom stereocenters. The van der Waals surface area contributed by atoms with Gasteiger partial charge in [0, 0.05) is 6.42 Å². The molecule has 0 spiro atoms. The summed E-state index contributed by atoms with van der Waals surface area (Å²) in [6.07, 6.45) is 5.94. The number of ether oxygens (including phenoxy) is 2. The molecule has 0 aromatic rings. The zero-order valence-electron chi connectivity index (χ0n) is 9.08. The van der Waals surface area contributed by atoms with Crippen molar-refractivity contribution in [1.82, 2.24) is 0 Å². The van der Waals surface area contributed by atoms with Gasteiger partial charge in [0.05, 0.1) is 19.3 Å². The zero-order valence-corrected chi connectivity index (χ0v) is 9.08. The lowest BCUT2D eigenvalue weighted by molar-refractivity contribution is -0.0712. The summed E-state index contributed by atoms with van der Waals surface area (Å²) in [7, 11) is 0. The Kier molecular flexibility index (Phi) is 6.15. The quantitative estimate of drug-likeness (QED) is 0.642. The van der Waals surface area contributed by atoms with Gasteiger partial charge in [0.2, 0.25) is 0 Å². The second-order valence-electron chi connectivity index (χ2n) is 3.91. The molecule has 0 aromatic heterocycles. The van der Waals surface area contributed by atoms with Gasteiger partial charge in [-0.1, -0.05) is 32.6 Å². The van der Waals surface area contributed by atoms with E-state index < -0.39 is 0 Å². The first-order valence-electron chi connectivity index (χ1n) is 5.74. The van der Waals surface area contributed by atoms with Crippen LogP contribution in [0.3, 0.4) is 0 Å². The summed E-state index contributed by atoms with van der Waals surface area (Å²) >= 11 is 0. The molecule has 3 nitrogen and oxygen atoms in total. The number of aliphatic hydroxyl groups excluding tert-OH is 1. The molecule has 3 heteroatoms.